The van der Waals surface area contributed by atoms with E-state index in [1.165, 1.54) is 12.1 Å². The van der Waals surface area contributed by atoms with E-state index in [0.717, 1.165) is 16.9 Å². The van der Waals surface area contributed by atoms with Crippen LogP contribution in [0.15, 0.2) is 72.8 Å². The van der Waals surface area contributed by atoms with Gasteiger partial charge in [0.25, 0.3) is 17.5 Å². The molecule has 1 saturated heterocycles. The largest absolute Gasteiger partial charge is 0.368 e. The standard InChI is InChI=1S/C28H29N5O4/c1-19(2)32-26(24-5-3-4-6-25(24)28(32)35)29-21-9-7-20(8-10-21)27(34)31-17-15-30(16-18-31)22-11-13-23(14-12-22)33(36)37/h3-14,19,26,29H,15-18H2,1-2H3/t26-/m1/s1. The summed E-state index contributed by atoms with van der Waals surface area (Å²) >= 11 is 0. The summed E-state index contributed by atoms with van der Waals surface area (Å²) in [6.45, 7) is 6.45. The van der Waals surface area contributed by atoms with Gasteiger partial charge in [-0.05, 0) is 56.3 Å². The van der Waals surface area contributed by atoms with Crippen molar-refractivity contribution in [2.45, 2.75) is 26.1 Å². The molecule has 2 amide bonds. The molecule has 2 aliphatic heterocycles. The summed E-state index contributed by atoms with van der Waals surface area (Å²) in [7, 11) is 0. The van der Waals surface area contributed by atoms with Crippen molar-refractivity contribution in [1.82, 2.24) is 9.80 Å². The van der Waals surface area contributed by atoms with Crippen molar-refractivity contribution in [1.29, 1.82) is 0 Å². The minimum absolute atomic E-state index is 0.0165. The molecule has 1 atom stereocenters. The number of carbonyl (C=O) groups excluding carboxylic acids is 2. The quantitative estimate of drug-likeness (QED) is 0.395. The second-order valence-electron chi connectivity index (χ2n) is 9.57. The number of nitrogens with one attached hydrogen (secondary N) is 1. The third kappa shape index (κ3) is 4.72. The summed E-state index contributed by atoms with van der Waals surface area (Å²) < 4.78 is 0. The van der Waals surface area contributed by atoms with Gasteiger partial charge in [-0.25, -0.2) is 0 Å². The predicted molar refractivity (Wildman–Crippen MR) is 142 cm³/mol. The zero-order valence-corrected chi connectivity index (χ0v) is 20.8. The van der Waals surface area contributed by atoms with Gasteiger partial charge in [0, 0.05) is 72.4 Å². The lowest BCUT2D eigenvalue weighted by atomic mass is 10.1. The zero-order chi connectivity index (χ0) is 26.1. The molecule has 2 heterocycles. The Morgan fingerprint density at radius 2 is 1.59 bits per heavy atom. The number of non-ortho nitro benzene ring substituents is 1. The summed E-state index contributed by atoms with van der Waals surface area (Å²) in [4.78, 5) is 42.3. The molecule has 5 rings (SSSR count). The summed E-state index contributed by atoms with van der Waals surface area (Å²) in [5.41, 5.74) is 4.09. The average molecular weight is 500 g/mol. The molecule has 0 aromatic heterocycles. The van der Waals surface area contributed by atoms with E-state index in [1.807, 2.05) is 72.2 Å². The van der Waals surface area contributed by atoms with Crippen LogP contribution < -0.4 is 10.2 Å². The number of carbonyl (C=O) groups is 2. The maximum atomic E-state index is 13.1. The molecule has 0 radical (unpaired) electrons. The lowest BCUT2D eigenvalue weighted by Gasteiger charge is -2.36. The number of nitrogens with zero attached hydrogens (tertiary/aromatic N) is 4. The van der Waals surface area contributed by atoms with Gasteiger partial charge in [0.05, 0.1) is 4.92 Å². The highest BCUT2D eigenvalue weighted by Gasteiger charge is 2.37. The molecule has 3 aromatic rings. The van der Waals surface area contributed by atoms with Crippen LogP contribution in [0.2, 0.25) is 0 Å². The molecule has 0 saturated carbocycles. The number of fused-ring (bicyclic) bond motifs is 1. The number of hydrogen-bond acceptors (Lipinski definition) is 6. The molecule has 3 aromatic carbocycles. The average Bonchev–Trinajstić information content (AvgIpc) is 3.20. The Morgan fingerprint density at radius 3 is 2.22 bits per heavy atom. The molecule has 0 bridgehead atoms. The van der Waals surface area contributed by atoms with Crippen molar-refractivity contribution in [2.75, 3.05) is 36.4 Å². The van der Waals surface area contributed by atoms with Gasteiger partial charge < -0.3 is 20.0 Å². The molecule has 1 N–H and O–H groups in total. The van der Waals surface area contributed by atoms with E-state index in [0.29, 0.717) is 37.3 Å². The first kappa shape index (κ1) is 24.3. The summed E-state index contributed by atoms with van der Waals surface area (Å²) in [5.74, 6) is -0.0112. The predicted octanol–water partition coefficient (Wildman–Crippen LogP) is 4.53. The summed E-state index contributed by atoms with van der Waals surface area (Å²) in [6.07, 6.45) is -0.266. The first-order valence-electron chi connectivity index (χ1n) is 12.4. The zero-order valence-electron chi connectivity index (χ0n) is 20.8. The van der Waals surface area contributed by atoms with Gasteiger partial charge >= 0.3 is 0 Å². The van der Waals surface area contributed by atoms with E-state index in [-0.39, 0.29) is 29.7 Å². The van der Waals surface area contributed by atoms with Gasteiger partial charge in [-0.2, -0.15) is 0 Å². The van der Waals surface area contributed by atoms with Crippen LogP contribution in [0, 0.1) is 10.1 Å². The fraction of sp³-hybridized carbons (Fsp3) is 0.286. The first-order chi connectivity index (χ1) is 17.8. The number of rotatable bonds is 6. The third-order valence-electron chi connectivity index (χ3n) is 6.98. The number of anilines is 2. The number of hydrogen-bond donors (Lipinski definition) is 1. The van der Waals surface area contributed by atoms with Crippen molar-refractivity contribution in [3.63, 3.8) is 0 Å². The van der Waals surface area contributed by atoms with Crippen molar-refractivity contribution in [2.24, 2.45) is 0 Å². The molecule has 9 nitrogen and oxygen atoms in total. The molecular formula is C28H29N5O4. The van der Waals surface area contributed by atoms with Crippen LogP contribution in [0.5, 0.6) is 0 Å². The van der Waals surface area contributed by atoms with E-state index in [9.17, 15) is 19.7 Å². The van der Waals surface area contributed by atoms with Crippen LogP contribution in [0.1, 0.15) is 46.3 Å². The highest BCUT2D eigenvalue weighted by molar-refractivity contribution is 5.99. The second-order valence-corrected chi connectivity index (χ2v) is 9.57. The minimum Gasteiger partial charge on any atom is -0.368 e. The Morgan fingerprint density at radius 1 is 0.946 bits per heavy atom. The lowest BCUT2D eigenvalue weighted by molar-refractivity contribution is -0.384. The van der Waals surface area contributed by atoms with Crippen LogP contribution in [0.4, 0.5) is 17.1 Å². The van der Waals surface area contributed by atoms with Gasteiger partial charge in [0.2, 0.25) is 0 Å². The topological polar surface area (TPSA) is 99.0 Å². The lowest BCUT2D eigenvalue weighted by Crippen LogP contribution is -2.48. The Labute approximate surface area is 215 Å². The number of piperazine rings is 1. The Hall–Kier alpha value is -4.40. The van der Waals surface area contributed by atoms with Crippen molar-refractivity contribution in [3.05, 3.63) is 99.6 Å². The number of amides is 2. The molecule has 190 valence electrons. The number of nitro groups is 1. The molecular weight excluding hydrogens is 470 g/mol. The van der Waals surface area contributed by atoms with E-state index in [4.69, 9.17) is 0 Å². The summed E-state index contributed by atoms with van der Waals surface area (Å²) in [6, 6.07) is 21.6. The minimum atomic E-state index is -0.409. The number of nitro benzene ring substituents is 1. The third-order valence-corrected chi connectivity index (χ3v) is 6.98. The van der Waals surface area contributed by atoms with Gasteiger partial charge in [-0.15, -0.1) is 0 Å². The van der Waals surface area contributed by atoms with Crippen LogP contribution >= 0.6 is 0 Å². The van der Waals surface area contributed by atoms with Crippen LogP contribution in [-0.2, 0) is 0 Å². The van der Waals surface area contributed by atoms with Crippen molar-refractivity contribution in [3.8, 4) is 0 Å². The molecule has 1 fully saturated rings. The van der Waals surface area contributed by atoms with Crippen LogP contribution in [0.3, 0.4) is 0 Å². The van der Waals surface area contributed by atoms with E-state index >= 15 is 0 Å². The molecule has 2 aliphatic rings. The van der Waals surface area contributed by atoms with Gasteiger partial charge in [-0.3, -0.25) is 19.7 Å². The molecule has 9 heteroatoms. The van der Waals surface area contributed by atoms with Crippen LogP contribution in [0.25, 0.3) is 0 Å². The maximum absolute atomic E-state index is 13.1. The maximum Gasteiger partial charge on any atom is 0.269 e. The van der Waals surface area contributed by atoms with Gasteiger partial charge in [-0.1, -0.05) is 18.2 Å². The smallest absolute Gasteiger partial charge is 0.269 e. The Kier molecular flexibility index (Phi) is 6.52. The molecule has 0 unspecified atom stereocenters. The summed E-state index contributed by atoms with van der Waals surface area (Å²) in [5, 5.41) is 14.4. The van der Waals surface area contributed by atoms with Crippen molar-refractivity contribution >= 4 is 28.9 Å². The SMILES string of the molecule is CC(C)N1C(=O)c2ccccc2[C@@H]1Nc1ccc(C(=O)N2CCN(c3ccc([N+](=O)[O-])cc3)CC2)cc1. The highest BCUT2D eigenvalue weighted by atomic mass is 16.6. The van der Waals surface area contributed by atoms with E-state index < -0.39 is 4.92 Å². The molecule has 0 aliphatic carbocycles. The second kappa shape index (κ2) is 9.93. The fourth-order valence-electron chi connectivity index (χ4n) is 5.02. The van der Waals surface area contributed by atoms with E-state index in [2.05, 4.69) is 10.2 Å². The molecule has 37 heavy (non-hydrogen) atoms. The first-order valence-corrected chi connectivity index (χ1v) is 12.4. The van der Waals surface area contributed by atoms with Gasteiger partial charge in [0.1, 0.15) is 6.17 Å². The van der Waals surface area contributed by atoms with Crippen LogP contribution in [-0.4, -0.2) is 58.8 Å². The van der Waals surface area contributed by atoms with Gasteiger partial charge in [0.15, 0.2) is 0 Å². The Balaban J connectivity index is 1.22. The van der Waals surface area contributed by atoms with E-state index in [1.54, 1.807) is 12.1 Å². The molecule has 0 spiro atoms. The fourth-order valence-corrected chi connectivity index (χ4v) is 5.02. The van der Waals surface area contributed by atoms with Crippen molar-refractivity contribution < 1.29 is 14.5 Å². The highest BCUT2D eigenvalue weighted by Crippen LogP contribution is 2.35. The number of benzene rings is 3. The normalized spacial score (nSPS) is 17.2. The monoisotopic (exact) mass is 499 g/mol. The Bertz CT molecular complexity index is 1320.